The Bertz CT molecular complexity index is 158. The van der Waals surface area contributed by atoms with Gasteiger partial charge in [-0.25, -0.2) is 0 Å². The van der Waals surface area contributed by atoms with Crippen molar-refractivity contribution in [2.45, 2.75) is 12.2 Å². The van der Waals surface area contributed by atoms with Crippen molar-refractivity contribution in [1.82, 2.24) is 0 Å². The molecule has 10 heavy (non-hydrogen) atoms. The standard InChI is InChI=1S/C5H7NO4/c6-5(8)4-3(1-9-4)10-2-7/h2-4H,1H2,(H2,6,8). The van der Waals surface area contributed by atoms with Crippen LogP contribution in [0.15, 0.2) is 0 Å². The van der Waals surface area contributed by atoms with Crippen LogP contribution < -0.4 is 5.73 Å². The number of carbonyl (C=O) groups is 2. The zero-order valence-corrected chi connectivity index (χ0v) is 5.15. The van der Waals surface area contributed by atoms with Crippen molar-refractivity contribution in [1.29, 1.82) is 0 Å². The summed E-state index contributed by atoms with van der Waals surface area (Å²) in [7, 11) is 0. The molecule has 1 fully saturated rings. The summed E-state index contributed by atoms with van der Waals surface area (Å²) in [4.78, 5) is 20.1. The molecule has 1 amide bonds. The van der Waals surface area contributed by atoms with Crippen LogP contribution >= 0.6 is 0 Å². The van der Waals surface area contributed by atoms with Crippen LogP contribution in [0.1, 0.15) is 0 Å². The van der Waals surface area contributed by atoms with E-state index < -0.39 is 18.1 Å². The van der Waals surface area contributed by atoms with Crippen molar-refractivity contribution in [2.24, 2.45) is 5.73 Å². The molecule has 1 saturated heterocycles. The zero-order valence-electron chi connectivity index (χ0n) is 5.15. The third-order valence-corrected chi connectivity index (χ3v) is 1.29. The molecule has 5 nitrogen and oxygen atoms in total. The minimum absolute atomic E-state index is 0.256. The fraction of sp³-hybridized carbons (Fsp3) is 0.600. The van der Waals surface area contributed by atoms with E-state index in [0.29, 0.717) is 0 Å². The first kappa shape index (κ1) is 7.01. The first-order chi connectivity index (χ1) is 4.75. The molecule has 1 rings (SSSR count). The molecule has 5 heteroatoms. The minimum atomic E-state index is -0.745. The van der Waals surface area contributed by atoms with Gasteiger partial charge in [-0.2, -0.15) is 0 Å². The van der Waals surface area contributed by atoms with Gasteiger partial charge in [0.1, 0.15) is 0 Å². The fourth-order valence-electron chi connectivity index (χ4n) is 0.718. The molecule has 2 N–H and O–H groups in total. The SMILES string of the molecule is NC(=O)C1OCC1OC=O. The molecule has 0 aliphatic carbocycles. The molecule has 0 saturated carbocycles. The summed E-state index contributed by atoms with van der Waals surface area (Å²) < 4.78 is 9.14. The third kappa shape index (κ3) is 1.08. The third-order valence-electron chi connectivity index (χ3n) is 1.29. The molecule has 0 spiro atoms. The molecule has 2 unspecified atom stereocenters. The van der Waals surface area contributed by atoms with Gasteiger partial charge in [0, 0.05) is 0 Å². The molecule has 0 aromatic heterocycles. The van der Waals surface area contributed by atoms with Gasteiger partial charge in [-0.05, 0) is 0 Å². The first-order valence-corrected chi connectivity index (χ1v) is 2.75. The molecule has 56 valence electrons. The molecule has 0 aromatic carbocycles. The Hall–Kier alpha value is -1.10. The van der Waals surface area contributed by atoms with Crippen LogP contribution in [0.25, 0.3) is 0 Å². The van der Waals surface area contributed by atoms with Crippen molar-refractivity contribution < 1.29 is 19.1 Å². The Kier molecular flexibility index (Phi) is 1.86. The smallest absolute Gasteiger partial charge is 0.293 e. The predicted octanol–water partition coefficient (Wildman–Crippen LogP) is -1.59. The number of hydrogen-bond donors (Lipinski definition) is 1. The summed E-state index contributed by atoms with van der Waals surface area (Å²) in [5.74, 6) is -0.599. The molecular formula is C5H7NO4. The molecule has 1 heterocycles. The Labute approximate surface area is 57.1 Å². The van der Waals surface area contributed by atoms with Crippen molar-refractivity contribution in [2.75, 3.05) is 6.61 Å². The van der Waals surface area contributed by atoms with Crippen LogP contribution in [-0.4, -0.2) is 31.2 Å². The van der Waals surface area contributed by atoms with E-state index in [-0.39, 0.29) is 13.1 Å². The lowest BCUT2D eigenvalue weighted by molar-refractivity contribution is -0.190. The largest absolute Gasteiger partial charge is 0.459 e. The number of rotatable bonds is 3. The van der Waals surface area contributed by atoms with Crippen LogP contribution in [0.3, 0.4) is 0 Å². The lowest BCUT2D eigenvalue weighted by Crippen LogP contribution is -2.53. The molecule has 0 aromatic rings. The highest BCUT2D eigenvalue weighted by molar-refractivity contribution is 5.80. The number of nitrogens with two attached hydrogens (primary N) is 1. The van der Waals surface area contributed by atoms with Gasteiger partial charge in [0.25, 0.3) is 12.4 Å². The second-order valence-corrected chi connectivity index (χ2v) is 1.93. The Balaban J connectivity index is 2.35. The van der Waals surface area contributed by atoms with E-state index in [1.807, 2.05) is 0 Å². The van der Waals surface area contributed by atoms with E-state index in [9.17, 15) is 9.59 Å². The monoisotopic (exact) mass is 145 g/mol. The van der Waals surface area contributed by atoms with Crippen LogP contribution in [0.5, 0.6) is 0 Å². The topological polar surface area (TPSA) is 78.6 Å². The van der Waals surface area contributed by atoms with Crippen LogP contribution in [0.4, 0.5) is 0 Å². The van der Waals surface area contributed by atoms with E-state index in [1.165, 1.54) is 0 Å². The van der Waals surface area contributed by atoms with Gasteiger partial charge in [0.15, 0.2) is 12.2 Å². The summed E-state index contributed by atoms with van der Waals surface area (Å²) in [5, 5.41) is 0. The predicted molar refractivity (Wildman–Crippen MR) is 29.9 cm³/mol. The maximum atomic E-state index is 10.4. The molecule has 1 aliphatic rings. The van der Waals surface area contributed by atoms with E-state index in [2.05, 4.69) is 4.74 Å². The van der Waals surface area contributed by atoms with Crippen molar-refractivity contribution >= 4 is 12.4 Å². The van der Waals surface area contributed by atoms with Gasteiger partial charge in [-0.15, -0.1) is 0 Å². The Morgan fingerprint density at radius 1 is 1.80 bits per heavy atom. The normalized spacial score (nSPS) is 30.4. The van der Waals surface area contributed by atoms with Gasteiger partial charge in [0.05, 0.1) is 6.61 Å². The molecular weight excluding hydrogens is 138 g/mol. The van der Waals surface area contributed by atoms with E-state index in [0.717, 1.165) is 0 Å². The van der Waals surface area contributed by atoms with Crippen molar-refractivity contribution in [3.05, 3.63) is 0 Å². The number of primary amides is 1. The van der Waals surface area contributed by atoms with Gasteiger partial charge in [0.2, 0.25) is 0 Å². The second-order valence-electron chi connectivity index (χ2n) is 1.93. The summed E-state index contributed by atoms with van der Waals surface area (Å²) in [5.41, 5.74) is 4.86. The average molecular weight is 145 g/mol. The van der Waals surface area contributed by atoms with E-state index >= 15 is 0 Å². The number of amides is 1. The Morgan fingerprint density at radius 2 is 2.50 bits per heavy atom. The highest BCUT2D eigenvalue weighted by atomic mass is 16.6. The number of carbonyl (C=O) groups excluding carboxylic acids is 2. The number of ether oxygens (including phenoxy) is 2. The lowest BCUT2D eigenvalue weighted by Gasteiger charge is -2.32. The lowest BCUT2D eigenvalue weighted by atomic mass is 10.1. The maximum Gasteiger partial charge on any atom is 0.293 e. The van der Waals surface area contributed by atoms with Crippen LogP contribution in [0.2, 0.25) is 0 Å². The van der Waals surface area contributed by atoms with Crippen LogP contribution in [-0.2, 0) is 19.1 Å². The molecule has 2 atom stereocenters. The highest BCUT2D eigenvalue weighted by Crippen LogP contribution is 2.14. The first-order valence-electron chi connectivity index (χ1n) is 2.75. The molecule has 1 aliphatic heterocycles. The summed E-state index contributed by atoms with van der Waals surface area (Å²) in [6.07, 6.45) is -1.22. The van der Waals surface area contributed by atoms with Crippen molar-refractivity contribution in [3.8, 4) is 0 Å². The zero-order chi connectivity index (χ0) is 7.56. The van der Waals surface area contributed by atoms with Gasteiger partial charge in [-0.3, -0.25) is 9.59 Å². The number of hydrogen-bond acceptors (Lipinski definition) is 4. The van der Waals surface area contributed by atoms with E-state index in [4.69, 9.17) is 10.5 Å². The molecule has 0 radical (unpaired) electrons. The molecule has 0 bridgehead atoms. The maximum absolute atomic E-state index is 10.4. The van der Waals surface area contributed by atoms with Crippen LogP contribution in [0, 0.1) is 0 Å². The summed E-state index contributed by atoms with van der Waals surface area (Å²) in [6.45, 7) is 0.537. The second kappa shape index (κ2) is 2.66. The van der Waals surface area contributed by atoms with Gasteiger partial charge < -0.3 is 15.2 Å². The van der Waals surface area contributed by atoms with Gasteiger partial charge >= 0.3 is 0 Å². The highest BCUT2D eigenvalue weighted by Gasteiger charge is 2.38. The van der Waals surface area contributed by atoms with Crippen molar-refractivity contribution in [3.63, 3.8) is 0 Å². The fourth-order valence-corrected chi connectivity index (χ4v) is 0.718. The minimum Gasteiger partial charge on any atom is -0.459 e. The quantitative estimate of drug-likeness (QED) is 0.486. The summed E-state index contributed by atoms with van der Waals surface area (Å²) >= 11 is 0. The van der Waals surface area contributed by atoms with E-state index in [1.54, 1.807) is 0 Å². The average Bonchev–Trinajstić information content (AvgIpc) is 1.78. The summed E-state index contributed by atoms with van der Waals surface area (Å²) in [6, 6.07) is 0. The Morgan fingerprint density at radius 3 is 2.80 bits per heavy atom. The van der Waals surface area contributed by atoms with Gasteiger partial charge in [-0.1, -0.05) is 0 Å².